The van der Waals surface area contributed by atoms with E-state index in [0.29, 0.717) is 11.2 Å². The van der Waals surface area contributed by atoms with Crippen molar-refractivity contribution in [1.82, 2.24) is 14.9 Å². The number of amides is 1. The number of likely N-dealkylation sites (tertiary alicyclic amines) is 1. The number of fused-ring (bicyclic) bond motifs is 1. The van der Waals surface area contributed by atoms with Gasteiger partial charge in [0.25, 0.3) is 0 Å². The van der Waals surface area contributed by atoms with Gasteiger partial charge in [0.2, 0.25) is 5.91 Å². The average molecular weight is 458 g/mol. The third kappa shape index (κ3) is 4.33. The quantitative estimate of drug-likeness (QED) is 0.756. The molecule has 0 aromatic carbocycles. The van der Waals surface area contributed by atoms with Crippen LogP contribution < -0.4 is 15.0 Å². The van der Waals surface area contributed by atoms with Crippen LogP contribution in [0.3, 0.4) is 0 Å². The zero-order valence-corrected chi connectivity index (χ0v) is 19.9. The number of rotatable bonds is 4. The molecule has 9 heteroatoms. The molecule has 1 spiro atoms. The fourth-order valence-corrected chi connectivity index (χ4v) is 6.20. The Balaban J connectivity index is 1.26. The largest absolute Gasteiger partial charge is 0.484 e. The summed E-state index contributed by atoms with van der Waals surface area (Å²) in [4.78, 5) is 26.2. The van der Waals surface area contributed by atoms with Gasteiger partial charge in [0.15, 0.2) is 5.13 Å². The van der Waals surface area contributed by atoms with Crippen molar-refractivity contribution in [2.45, 2.75) is 70.9 Å². The molecule has 5 rings (SSSR count). The van der Waals surface area contributed by atoms with Gasteiger partial charge in [-0.25, -0.2) is 9.97 Å². The molecule has 0 radical (unpaired) electrons. The number of carbonyl (C=O) groups excluding carboxylic acids is 1. The Kier molecular flexibility index (Phi) is 5.59. The lowest BCUT2D eigenvalue weighted by Crippen LogP contribution is -2.45. The molecule has 2 fully saturated rings. The fraction of sp³-hybridized carbons (Fsp3) is 0.609. The van der Waals surface area contributed by atoms with Gasteiger partial charge >= 0.3 is 0 Å². The first kappa shape index (κ1) is 21.6. The molecule has 0 unspecified atom stereocenters. The van der Waals surface area contributed by atoms with Crippen LogP contribution in [0.1, 0.15) is 44.6 Å². The van der Waals surface area contributed by atoms with Gasteiger partial charge in [-0.2, -0.15) is 0 Å². The van der Waals surface area contributed by atoms with E-state index in [-0.39, 0.29) is 23.7 Å². The predicted octanol–water partition coefficient (Wildman–Crippen LogP) is 3.08. The minimum atomic E-state index is -0.196. The van der Waals surface area contributed by atoms with Crippen LogP contribution in [0.5, 0.6) is 5.75 Å². The van der Waals surface area contributed by atoms with Crippen LogP contribution in [-0.2, 0) is 22.5 Å². The summed E-state index contributed by atoms with van der Waals surface area (Å²) in [6.45, 7) is 11.4. The number of morpholine rings is 1. The highest BCUT2D eigenvalue weighted by Crippen LogP contribution is 2.43. The van der Waals surface area contributed by atoms with E-state index in [4.69, 9.17) is 14.5 Å². The molecule has 0 saturated carbocycles. The standard InChI is InChI=1S/C23H31N5O3S/c1-14-6-23(13-28(14)12-19-8-25-22(32-19)26-17(4)29)7-18-5-21(24-9-20(18)31-23)27-10-15(2)30-16(3)11-27/h5,8-9,14-16H,6-7,10-13H2,1-4H3,(H,25,26,29)/t14-,15+,16+,23-/m0/s1. The summed E-state index contributed by atoms with van der Waals surface area (Å²) >= 11 is 1.54. The molecule has 3 aliphatic rings. The Morgan fingerprint density at radius 2 is 2.03 bits per heavy atom. The number of nitrogens with zero attached hydrogens (tertiary/aromatic N) is 4. The van der Waals surface area contributed by atoms with Crippen LogP contribution in [0.25, 0.3) is 0 Å². The molecule has 8 nitrogen and oxygen atoms in total. The second-order valence-electron chi connectivity index (χ2n) is 9.55. The van der Waals surface area contributed by atoms with E-state index < -0.39 is 0 Å². The molecule has 32 heavy (non-hydrogen) atoms. The maximum absolute atomic E-state index is 11.3. The minimum absolute atomic E-state index is 0.0921. The molecule has 1 N–H and O–H groups in total. The summed E-state index contributed by atoms with van der Waals surface area (Å²) in [6, 6.07) is 2.62. The van der Waals surface area contributed by atoms with E-state index >= 15 is 0 Å². The van der Waals surface area contributed by atoms with Crippen molar-refractivity contribution in [3.63, 3.8) is 0 Å². The first-order valence-corrected chi connectivity index (χ1v) is 12.1. The second-order valence-corrected chi connectivity index (χ2v) is 10.7. The van der Waals surface area contributed by atoms with Crippen molar-refractivity contribution < 1.29 is 14.3 Å². The summed E-state index contributed by atoms with van der Waals surface area (Å²) in [5.41, 5.74) is 1.06. The number of pyridine rings is 1. The summed E-state index contributed by atoms with van der Waals surface area (Å²) in [7, 11) is 0. The molecular weight excluding hydrogens is 426 g/mol. The Bertz CT molecular complexity index is 1000. The normalized spacial score (nSPS) is 29.9. The van der Waals surface area contributed by atoms with Gasteiger partial charge in [0.1, 0.15) is 17.2 Å². The Labute approximate surface area is 192 Å². The lowest BCUT2D eigenvalue weighted by Gasteiger charge is -2.36. The number of hydrogen-bond acceptors (Lipinski definition) is 8. The van der Waals surface area contributed by atoms with Gasteiger partial charge < -0.3 is 19.7 Å². The molecule has 172 valence electrons. The number of nitrogens with one attached hydrogen (secondary N) is 1. The van der Waals surface area contributed by atoms with Crippen molar-refractivity contribution in [2.24, 2.45) is 0 Å². The first-order chi connectivity index (χ1) is 15.3. The SMILES string of the molecule is CC(=O)Nc1ncc(CN2C[C@@]3(Cc4cc(N5C[C@@H](C)O[C@H](C)C5)ncc4O3)C[C@@H]2C)s1. The maximum atomic E-state index is 11.3. The van der Waals surface area contributed by atoms with Crippen LogP contribution in [0.4, 0.5) is 10.9 Å². The van der Waals surface area contributed by atoms with Crippen LogP contribution in [0.2, 0.25) is 0 Å². The average Bonchev–Trinajstić information content (AvgIpc) is 3.37. The van der Waals surface area contributed by atoms with Gasteiger partial charge in [-0.05, 0) is 26.8 Å². The van der Waals surface area contributed by atoms with Crippen molar-refractivity contribution in [3.05, 3.63) is 28.9 Å². The van der Waals surface area contributed by atoms with E-state index in [2.05, 4.69) is 46.9 Å². The van der Waals surface area contributed by atoms with Gasteiger partial charge in [0, 0.05) is 68.6 Å². The minimum Gasteiger partial charge on any atom is -0.484 e. The highest BCUT2D eigenvalue weighted by molar-refractivity contribution is 7.15. The monoisotopic (exact) mass is 457 g/mol. The highest BCUT2D eigenvalue weighted by Gasteiger charge is 2.48. The molecule has 1 amide bonds. The van der Waals surface area contributed by atoms with E-state index in [9.17, 15) is 4.79 Å². The molecule has 2 aromatic heterocycles. The number of aromatic nitrogens is 2. The van der Waals surface area contributed by atoms with E-state index in [1.54, 1.807) is 0 Å². The summed E-state index contributed by atoms with van der Waals surface area (Å²) in [5.74, 6) is 1.85. The van der Waals surface area contributed by atoms with Crippen LogP contribution in [-0.4, -0.2) is 64.3 Å². The van der Waals surface area contributed by atoms with Crippen molar-refractivity contribution in [1.29, 1.82) is 0 Å². The number of thiazole rings is 1. The fourth-order valence-electron chi connectivity index (χ4n) is 5.32. The molecule has 3 aliphatic heterocycles. The molecular formula is C23H31N5O3S. The highest BCUT2D eigenvalue weighted by atomic mass is 32.1. The van der Waals surface area contributed by atoms with Crippen LogP contribution >= 0.6 is 11.3 Å². The zero-order valence-electron chi connectivity index (χ0n) is 19.1. The molecule has 0 aliphatic carbocycles. The van der Waals surface area contributed by atoms with E-state index in [1.165, 1.54) is 23.8 Å². The van der Waals surface area contributed by atoms with Crippen molar-refractivity contribution in [2.75, 3.05) is 29.9 Å². The van der Waals surface area contributed by atoms with E-state index in [1.807, 2.05) is 12.4 Å². The molecule has 2 aromatic rings. The molecule has 4 atom stereocenters. The van der Waals surface area contributed by atoms with Crippen molar-refractivity contribution >= 4 is 28.2 Å². The number of anilines is 2. The molecule has 5 heterocycles. The van der Waals surface area contributed by atoms with Crippen LogP contribution in [0, 0.1) is 0 Å². The van der Waals surface area contributed by atoms with Gasteiger partial charge in [0.05, 0.1) is 18.4 Å². The second kappa shape index (κ2) is 8.28. The van der Waals surface area contributed by atoms with Gasteiger partial charge in [-0.1, -0.05) is 0 Å². The summed E-state index contributed by atoms with van der Waals surface area (Å²) in [5, 5.41) is 3.42. The lowest BCUT2D eigenvalue weighted by atomic mass is 9.95. The van der Waals surface area contributed by atoms with Gasteiger partial charge in [-0.3, -0.25) is 9.69 Å². The Morgan fingerprint density at radius 1 is 1.25 bits per heavy atom. The summed E-state index contributed by atoms with van der Waals surface area (Å²) in [6.07, 6.45) is 6.07. The first-order valence-electron chi connectivity index (χ1n) is 11.3. The lowest BCUT2D eigenvalue weighted by molar-refractivity contribution is -0.114. The van der Waals surface area contributed by atoms with Gasteiger partial charge in [-0.15, -0.1) is 11.3 Å². The van der Waals surface area contributed by atoms with Crippen molar-refractivity contribution in [3.8, 4) is 5.75 Å². The number of ether oxygens (including phenoxy) is 2. The Morgan fingerprint density at radius 3 is 2.78 bits per heavy atom. The zero-order chi connectivity index (χ0) is 22.5. The Hall–Kier alpha value is -2.23. The number of carbonyl (C=O) groups is 1. The van der Waals surface area contributed by atoms with Crippen LogP contribution in [0.15, 0.2) is 18.5 Å². The third-order valence-corrected chi connectivity index (χ3v) is 7.39. The third-order valence-electron chi connectivity index (χ3n) is 6.49. The smallest absolute Gasteiger partial charge is 0.223 e. The predicted molar refractivity (Wildman–Crippen MR) is 124 cm³/mol. The van der Waals surface area contributed by atoms with E-state index in [0.717, 1.165) is 55.5 Å². The topological polar surface area (TPSA) is 79.8 Å². The molecule has 2 saturated heterocycles. The summed E-state index contributed by atoms with van der Waals surface area (Å²) < 4.78 is 12.4. The number of hydrogen-bond donors (Lipinski definition) is 1. The molecule has 0 bridgehead atoms. The maximum Gasteiger partial charge on any atom is 0.223 e.